The molecule has 1 aromatic rings. The average Bonchev–Trinajstić information content (AvgIpc) is 2.79. The van der Waals surface area contributed by atoms with Gasteiger partial charge in [-0.1, -0.05) is 39.0 Å². The largest absolute Gasteiger partial charge is 0.491 e. The van der Waals surface area contributed by atoms with Crippen molar-refractivity contribution in [1.29, 1.82) is 0 Å². The molecule has 0 atom stereocenters. The molecule has 0 saturated heterocycles. The van der Waals surface area contributed by atoms with Crippen molar-refractivity contribution in [3.63, 3.8) is 0 Å². The van der Waals surface area contributed by atoms with E-state index in [4.69, 9.17) is 23.7 Å². The van der Waals surface area contributed by atoms with Crippen LogP contribution in [-0.2, 0) is 23.7 Å². The lowest BCUT2D eigenvalue weighted by Gasteiger charge is -2.08. The third kappa shape index (κ3) is 16.4. The van der Waals surface area contributed by atoms with Gasteiger partial charge in [0.05, 0.1) is 39.6 Å². The highest BCUT2D eigenvalue weighted by Gasteiger charge is 2.02. The van der Waals surface area contributed by atoms with E-state index in [2.05, 4.69) is 6.92 Å². The lowest BCUT2D eigenvalue weighted by molar-refractivity contribution is -0.145. The number of hydrogen-bond donors (Lipinski definition) is 0. The lowest BCUT2D eigenvalue weighted by Crippen LogP contribution is -2.14. The van der Waals surface area contributed by atoms with Crippen LogP contribution in [-0.4, -0.2) is 65.1 Å². The Balaban J connectivity index is 1.78. The molecule has 1 rings (SSSR count). The Labute approximate surface area is 186 Å². The predicted octanol–water partition coefficient (Wildman–Crippen LogP) is 4.22. The first-order valence-corrected chi connectivity index (χ1v) is 11.3. The van der Waals surface area contributed by atoms with Crippen molar-refractivity contribution in [3.8, 4) is 5.75 Å². The molecule has 0 spiro atoms. The molecule has 0 radical (unpaired) electrons. The number of aldehydes is 1. The maximum absolute atomic E-state index is 11.6. The van der Waals surface area contributed by atoms with Crippen LogP contribution in [0.25, 0.3) is 0 Å². The van der Waals surface area contributed by atoms with E-state index in [0.29, 0.717) is 64.0 Å². The van der Waals surface area contributed by atoms with Crippen LogP contribution in [0.15, 0.2) is 24.3 Å². The summed E-state index contributed by atoms with van der Waals surface area (Å²) in [6, 6.07) is 6.92. The van der Waals surface area contributed by atoms with Crippen LogP contribution in [0.1, 0.15) is 62.2 Å². The maximum Gasteiger partial charge on any atom is 0.305 e. The fraction of sp³-hybridized carbons (Fsp3) is 0.667. The minimum absolute atomic E-state index is 0.144. The summed E-state index contributed by atoms with van der Waals surface area (Å²) in [6.45, 7) is 5.63. The van der Waals surface area contributed by atoms with Crippen molar-refractivity contribution < 1.29 is 33.3 Å². The Morgan fingerprint density at radius 2 is 1.29 bits per heavy atom. The van der Waals surface area contributed by atoms with Gasteiger partial charge in [0.25, 0.3) is 0 Å². The molecule has 7 heteroatoms. The first kappa shape index (κ1) is 27.1. The Morgan fingerprint density at radius 1 is 0.742 bits per heavy atom. The van der Waals surface area contributed by atoms with E-state index < -0.39 is 0 Å². The van der Waals surface area contributed by atoms with E-state index in [1.165, 1.54) is 25.7 Å². The Kier molecular flexibility index (Phi) is 17.4. The topological polar surface area (TPSA) is 80.3 Å². The van der Waals surface area contributed by atoms with Gasteiger partial charge in [-0.15, -0.1) is 0 Å². The van der Waals surface area contributed by atoms with Crippen molar-refractivity contribution in [2.75, 3.05) is 52.9 Å². The van der Waals surface area contributed by atoms with E-state index >= 15 is 0 Å². The molecule has 0 saturated carbocycles. The van der Waals surface area contributed by atoms with Crippen molar-refractivity contribution in [3.05, 3.63) is 29.8 Å². The zero-order valence-corrected chi connectivity index (χ0v) is 18.9. The van der Waals surface area contributed by atoms with E-state index in [9.17, 15) is 9.59 Å². The van der Waals surface area contributed by atoms with Gasteiger partial charge < -0.3 is 23.7 Å². The first-order chi connectivity index (χ1) is 15.3. The maximum atomic E-state index is 11.6. The molecular weight excluding hydrogens is 400 g/mol. The van der Waals surface area contributed by atoms with Gasteiger partial charge in [-0.05, 0) is 30.7 Å². The zero-order valence-electron chi connectivity index (χ0n) is 18.9. The number of esters is 1. The van der Waals surface area contributed by atoms with Crippen LogP contribution >= 0.6 is 0 Å². The van der Waals surface area contributed by atoms with Gasteiger partial charge in [-0.3, -0.25) is 9.59 Å². The number of carbonyl (C=O) groups excluding carboxylic acids is 2. The molecule has 7 nitrogen and oxygen atoms in total. The van der Waals surface area contributed by atoms with E-state index in [1.54, 1.807) is 24.3 Å². The molecule has 0 aromatic heterocycles. The van der Waals surface area contributed by atoms with Crippen molar-refractivity contribution in [2.24, 2.45) is 0 Å². The van der Waals surface area contributed by atoms with Crippen LogP contribution in [0.4, 0.5) is 0 Å². The third-order valence-corrected chi connectivity index (χ3v) is 4.48. The third-order valence-electron chi connectivity index (χ3n) is 4.48. The highest BCUT2D eigenvalue weighted by Crippen LogP contribution is 2.10. The quantitative estimate of drug-likeness (QED) is 0.161. The van der Waals surface area contributed by atoms with E-state index in [-0.39, 0.29) is 12.6 Å². The fourth-order valence-electron chi connectivity index (χ4n) is 2.74. The standard InChI is InChI=1S/C24H38O7/c1-2-3-4-5-6-7-8-24(26)31-20-18-29-16-14-27-13-15-28-17-19-30-23-11-9-22(21-25)10-12-23/h9-12,21H,2-8,13-20H2,1H3. The summed E-state index contributed by atoms with van der Waals surface area (Å²) < 4.78 is 26.9. The molecule has 0 aliphatic rings. The van der Waals surface area contributed by atoms with Gasteiger partial charge in [-0.25, -0.2) is 0 Å². The van der Waals surface area contributed by atoms with Crippen molar-refractivity contribution in [1.82, 2.24) is 0 Å². The molecule has 0 aliphatic carbocycles. The molecule has 0 heterocycles. The molecule has 0 fully saturated rings. The average molecular weight is 439 g/mol. The summed E-state index contributed by atoms with van der Waals surface area (Å²) in [4.78, 5) is 22.2. The number of benzene rings is 1. The van der Waals surface area contributed by atoms with Gasteiger partial charge in [0.15, 0.2) is 0 Å². The van der Waals surface area contributed by atoms with Crippen LogP contribution in [0.5, 0.6) is 5.75 Å². The minimum Gasteiger partial charge on any atom is -0.491 e. The second-order valence-corrected chi connectivity index (χ2v) is 7.11. The smallest absolute Gasteiger partial charge is 0.305 e. The normalized spacial score (nSPS) is 10.7. The molecule has 1 aromatic carbocycles. The number of rotatable bonds is 21. The number of ether oxygens (including phenoxy) is 5. The summed E-state index contributed by atoms with van der Waals surface area (Å²) in [6.07, 6.45) is 8.24. The van der Waals surface area contributed by atoms with Gasteiger partial charge in [-0.2, -0.15) is 0 Å². The second kappa shape index (κ2) is 20.0. The fourth-order valence-corrected chi connectivity index (χ4v) is 2.74. The summed E-state index contributed by atoms with van der Waals surface area (Å²) in [5, 5.41) is 0. The number of carbonyl (C=O) groups is 2. The van der Waals surface area contributed by atoms with Gasteiger partial charge >= 0.3 is 5.97 Å². The zero-order chi connectivity index (χ0) is 22.4. The van der Waals surface area contributed by atoms with Gasteiger partial charge in [0.1, 0.15) is 25.2 Å². The highest BCUT2D eigenvalue weighted by molar-refractivity contribution is 5.74. The van der Waals surface area contributed by atoms with E-state index in [1.807, 2.05) is 0 Å². The van der Waals surface area contributed by atoms with Gasteiger partial charge in [0, 0.05) is 12.0 Å². The molecule has 0 unspecified atom stereocenters. The summed E-state index contributed by atoms with van der Waals surface area (Å²) in [5.41, 5.74) is 0.620. The molecular formula is C24H38O7. The van der Waals surface area contributed by atoms with Crippen LogP contribution in [0, 0.1) is 0 Å². The molecule has 0 N–H and O–H groups in total. The van der Waals surface area contributed by atoms with Crippen molar-refractivity contribution >= 4 is 12.3 Å². The monoisotopic (exact) mass is 438 g/mol. The van der Waals surface area contributed by atoms with E-state index in [0.717, 1.165) is 19.1 Å². The molecule has 0 aliphatic heterocycles. The predicted molar refractivity (Wildman–Crippen MR) is 119 cm³/mol. The second-order valence-electron chi connectivity index (χ2n) is 7.11. The summed E-state index contributed by atoms with van der Waals surface area (Å²) >= 11 is 0. The Hall–Kier alpha value is -1.96. The summed E-state index contributed by atoms with van der Waals surface area (Å²) in [5.74, 6) is 0.560. The van der Waals surface area contributed by atoms with Crippen molar-refractivity contribution in [2.45, 2.75) is 51.9 Å². The number of hydrogen-bond acceptors (Lipinski definition) is 7. The number of unbranched alkanes of at least 4 members (excludes halogenated alkanes) is 5. The minimum atomic E-state index is -0.144. The first-order valence-electron chi connectivity index (χ1n) is 11.3. The summed E-state index contributed by atoms with van der Waals surface area (Å²) in [7, 11) is 0. The molecule has 176 valence electrons. The van der Waals surface area contributed by atoms with Gasteiger partial charge in [0.2, 0.25) is 0 Å². The van der Waals surface area contributed by atoms with Crippen LogP contribution < -0.4 is 4.74 Å². The molecule has 0 amide bonds. The lowest BCUT2D eigenvalue weighted by atomic mass is 10.1. The Morgan fingerprint density at radius 3 is 1.90 bits per heavy atom. The highest BCUT2D eigenvalue weighted by atomic mass is 16.6. The molecule has 0 bridgehead atoms. The van der Waals surface area contributed by atoms with Crippen LogP contribution in [0.2, 0.25) is 0 Å². The SMILES string of the molecule is CCCCCCCCC(=O)OCCOCCOCCOCCOc1ccc(C=O)cc1. The Bertz CT molecular complexity index is 560. The molecule has 31 heavy (non-hydrogen) atoms. The van der Waals surface area contributed by atoms with Crippen LogP contribution in [0.3, 0.4) is 0 Å².